The van der Waals surface area contributed by atoms with E-state index in [0.717, 1.165) is 0 Å². The molecule has 0 bridgehead atoms. The van der Waals surface area contributed by atoms with Crippen LogP contribution in [0.3, 0.4) is 0 Å². The third kappa shape index (κ3) is 4.91. The molecule has 0 saturated heterocycles. The van der Waals surface area contributed by atoms with Gasteiger partial charge in [0.15, 0.2) is 0 Å². The van der Waals surface area contributed by atoms with Gasteiger partial charge in [0.2, 0.25) is 0 Å². The maximum absolute atomic E-state index is 4.04. The van der Waals surface area contributed by atoms with E-state index in [9.17, 15) is 0 Å². The van der Waals surface area contributed by atoms with Crippen molar-refractivity contribution in [3.05, 3.63) is 157 Å². The molecule has 3 heteroatoms. The van der Waals surface area contributed by atoms with E-state index in [2.05, 4.69) is 164 Å². The number of aryl methyl sites for hydroxylation is 2. The highest BCUT2D eigenvalue weighted by atomic mass is 31.1. The number of fused-ring (bicyclic) bond motifs is 3. The lowest BCUT2D eigenvalue weighted by atomic mass is 10.1. The van der Waals surface area contributed by atoms with Gasteiger partial charge in [0, 0.05) is 21.4 Å². The van der Waals surface area contributed by atoms with Gasteiger partial charge in [-0.2, -0.15) is 0 Å². The summed E-state index contributed by atoms with van der Waals surface area (Å²) in [6.07, 6.45) is 0. The van der Waals surface area contributed by atoms with Gasteiger partial charge in [0.05, 0.1) is 11.0 Å². The average Bonchev–Trinajstić information content (AvgIpc) is 3.38. The van der Waals surface area contributed by atoms with E-state index in [0.29, 0.717) is 0 Å². The summed E-state index contributed by atoms with van der Waals surface area (Å²) >= 11 is 0. The average molecular weight is 564 g/mol. The maximum Gasteiger partial charge on any atom is 0.0550 e. The molecule has 6 aromatic carbocycles. The fourth-order valence-corrected chi connectivity index (χ4v) is 10.9. The maximum atomic E-state index is 4.04. The van der Waals surface area contributed by atoms with Crippen LogP contribution in [0.15, 0.2) is 146 Å². The fraction of sp³-hybridized carbons (Fsp3) is 0.0526. The van der Waals surface area contributed by atoms with Gasteiger partial charge in [0.25, 0.3) is 0 Å². The summed E-state index contributed by atoms with van der Waals surface area (Å²) in [7, 11) is -1.49. The molecule has 0 aliphatic heterocycles. The molecule has 1 N–H and O–H groups in total. The summed E-state index contributed by atoms with van der Waals surface area (Å²) < 4.78 is 0. The van der Waals surface area contributed by atoms with Crippen LogP contribution in [0.5, 0.6) is 0 Å². The van der Waals surface area contributed by atoms with Crippen molar-refractivity contribution in [2.75, 3.05) is 0 Å². The predicted octanol–water partition coefficient (Wildman–Crippen LogP) is 7.45. The Balaban J connectivity index is 1.54. The molecule has 0 aliphatic carbocycles. The van der Waals surface area contributed by atoms with Crippen LogP contribution >= 0.6 is 15.8 Å². The van der Waals surface area contributed by atoms with E-state index in [-0.39, 0.29) is 0 Å². The SMILES string of the molecule is Cc1cc(P(c2ccccc2)c2ccccc2)c2[nH]c3c(P(c4ccccc4)c4ccccc4)cc(C)cc3c2c1. The summed E-state index contributed by atoms with van der Waals surface area (Å²) in [6, 6.07) is 53.6. The largest absolute Gasteiger partial charge is 0.353 e. The third-order valence-electron chi connectivity index (χ3n) is 7.60. The normalized spacial score (nSPS) is 11.6. The molecular weight excluding hydrogens is 532 g/mol. The molecule has 7 rings (SSSR count). The molecule has 7 aromatic rings. The van der Waals surface area contributed by atoms with Crippen molar-refractivity contribution in [1.29, 1.82) is 0 Å². The number of benzene rings is 6. The molecule has 1 nitrogen and oxygen atoms in total. The molecule has 0 fully saturated rings. The minimum absolute atomic E-state index is 0.745. The summed E-state index contributed by atoms with van der Waals surface area (Å²) in [5.74, 6) is 0. The number of hydrogen-bond donors (Lipinski definition) is 1. The van der Waals surface area contributed by atoms with Crippen LogP contribution in [0.4, 0.5) is 0 Å². The molecule has 0 atom stereocenters. The van der Waals surface area contributed by atoms with Gasteiger partial charge in [0.1, 0.15) is 0 Å². The van der Waals surface area contributed by atoms with E-state index in [1.807, 2.05) is 0 Å². The van der Waals surface area contributed by atoms with Crippen LogP contribution in [0.1, 0.15) is 11.1 Å². The van der Waals surface area contributed by atoms with Crippen molar-refractivity contribution < 1.29 is 0 Å². The van der Waals surface area contributed by atoms with E-state index < -0.39 is 15.8 Å². The number of H-pyrrole nitrogens is 1. The van der Waals surface area contributed by atoms with E-state index in [1.54, 1.807) is 0 Å². The zero-order chi connectivity index (χ0) is 27.8. The Kier molecular flexibility index (Phi) is 7.02. The van der Waals surface area contributed by atoms with Crippen LogP contribution in [-0.2, 0) is 0 Å². The Labute approximate surface area is 244 Å². The quantitative estimate of drug-likeness (QED) is 0.202. The summed E-state index contributed by atoms with van der Waals surface area (Å²) in [6.45, 7) is 4.48. The molecule has 0 spiro atoms. The number of aromatic nitrogens is 1. The second kappa shape index (κ2) is 11.1. The van der Waals surface area contributed by atoms with Crippen molar-refractivity contribution in [3.8, 4) is 0 Å². The molecule has 41 heavy (non-hydrogen) atoms. The van der Waals surface area contributed by atoms with Crippen molar-refractivity contribution in [2.45, 2.75) is 13.8 Å². The Morgan fingerprint density at radius 3 is 0.976 bits per heavy atom. The van der Waals surface area contributed by atoms with Gasteiger partial charge in [-0.05, 0) is 86.3 Å². The second-order valence-corrected chi connectivity index (χ2v) is 14.9. The number of nitrogens with one attached hydrogen (secondary N) is 1. The first-order chi connectivity index (χ1) is 20.2. The van der Waals surface area contributed by atoms with Gasteiger partial charge < -0.3 is 4.98 Å². The number of rotatable bonds is 6. The lowest BCUT2D eigenvalue weighted by Crippen LogP contribution is -2.22. The predicted molar refractivity (Wildman–Crippen MR) is 183 cm³/mol. The standard InChI is InChI=1S/C38H31NP2/c1-27-23-33-34-24-28(2)26-36(41(31-19-11-5-12-20-31)32-21-13-6-14-22-32)38(34)39-37(33)35(25-27)40(29-15-7-3-8-16-29)30-17-9-4-10-18-30/h3-26,39H,1-2H3. The minimum atomic E-state index is -0.745. The Hall–Kier alpha value is -4.02. The highest BCUT2D eigenvalue weighted by Gasteiger charge is 2.25. The van der Waals surface area contributed by atoms with E-state index in [1.165, 1.54) is 64.8 Å². The highest BCUT2D eigenvalue weighted by molar-refractivity contribution is 7.80. The van der Waals surface area contributed by atoms with Crippen molar-refractivity contribution in [3.63, 3.8) is 0 Å². The van der Waals surface area contributed by atoms with Crippen LogP contribution < -0.4 is 31.8 Å². The molecule has 0 radical (unpaired) electrons. The van der Waals surface area contributed by atoms with E-state index in [4.69, 9.17) is 0 Å². The number of aromatic amines is 1. The Morgan fingerprint density at radius 2 is 0.683 bits per heavy atom. The molecule has 198 valence electrons. The molecule has 0 aliphatic rings. The number of hydrogen-bond acceptors (Lipinski definition) is 0. The van der Waals surface area contributed by atoms with Crippen LogP contribution in [0.2, 0.25) is 0 Å². The highest BCUT2D eigenvalue weighted by Crippen LogP contribution is 2.41. The van der Waals surface area contributed by atoms with Crippen molar-refractivity contribution >= 4 is 69.5 Å². The lowest BCUT2D eigenvalue weighted by Gasteiger charge is -2.21. The molecule has 0 saturated carbocycles. The topological polar surface area (TPSA) is 15.8 Å². The van der Waals surface area contributed by atoms with Crippen LogP contribution in [0, 0.1) is 13.8 Å². The fourth-order valence-electron chi connectivity index (χ4n) is 5.86. The third-order valence-corrected chi connectivity index (χ3v) is 12.5. The molecule has 0 unspecified atom stereocenters. The van der Waals surface area contributed by atoms with Crippen molar-refractivity contribution in [1.82, 2.24) is 4.98 Å². The molecule has 1 heterocycles. The zero-order valence-corrected chi connectivity index (χ0v) is 25.0. The molecular formula is C38H31NP2. The second-order valence-electron chi connectivity index (χ2n) is 10.6. The van der Waals surface area contributed by atoms with Gasteiger partial charge in [-0.1, -0.05) is 121 Å². The Morgan fingerprint density at radius 1 is 0.390 bits per heavy atom. The van der Waals surface area contributed by atoms with Gasteiger partial charge >= 0.3 is 0 Å². The van der Waals surface area contributed by atoms with Gasteiger partial charge in [-0.15, -0.1) is 0 Å². The first-order valence-electron chi connectivity index (χ1n) is 14.0. The molecule has 0 amide bonds. The van der Waals surface area contributed by atoms with Crippen LogP contribution in [-0.4, -0.2) is 4.98 Å². The smallest absolute Gasteiger partial charge is 0.0550 e. The first-order valence-corrected chi connectivity index (χ1v) is 16.7. The zero-order valence-electron chi connectivity index (χ0n) is 23.3. The summed E-state index contributed by atoms with van der Waals surface area (Å²) in [5.41, 5.74) is 5.10. The minimum Gasteiger partial charge on any atom is -0.353 e. The summed E-state index contributed by atoms with van der Waals surface area (Å²) in [4.78, 5) is 4.04. The van der Waals surface area contributed by atoms with Gasteiger partial charge in [-0.3, -0.25) is 0 Å². The molecule has 1 aromatic heterocycles. The first kappa shape index (κ1) is 25.9. The van der Waals surface area contributed by atoms with Crippen LogP contribution in [0.25, 0.3) is 21.8 Å². The Bertz CT molecular complexity index is 1720. The van der Waals surface area contributed by atoms with Crippen molar-refractivity contribution in [2.24, 2.45) is 0 Å². The van der Waals surface area contributed by atoms with E-state index >= 15 is 0 Å². The lowest BCUT2D eigenvalue weighted by molar-refractivity contribution is 1.50. The monoisotopic (exact) mass is 563 g/mol. The summed E-state index contributed by atoms with van der Waals surface area (Å²) in [5, 5.41) is 10.9. The van der Waals surface area contributed by atoms with Gasteiger partial charge in [-0.25, -0.2) is 0 Å².